The Balaban J connectivity index is 0.000000384. The molecule has 0 heterocycles. The molecule has 0 N–H and O–H groups in total. The van der Waals surface area contributed by atoms with Crippen molar-refractivity contribution in [3.63, 3.8) is 0 Å². The zero-order valence-electron chi connectivity index (χ0n) is 14.7. The summed E-state index contributed by atoms with van der Waals surface area (Å²) in [6.45, 7) is 0. The van der Waals surface area contributed by atoms with Gasteiger partial charge in [-0.1, -0.05) is 36.4 Å². The van der Waals surface area contributed by atoms with Gasteiger partial charge in [0.15, 0.2) is 0 Å². The molecule has 0 fully saturated rings. The van der Waals surface area contributed by atoms with Gasteiger partial charge < -0.3 is 37.9 Å². The maximum absolute atomic E-state index is 8.34. The normalized spacial score (nSPS) is 8.04. The molecule has 3 nitrogen and oxygen atoms in total. The van der Waals surface area contributed by atoms with E-state index in [9.17, 15) is 0 Å². The molecule has 0 aromatic heterocycles. The molecule has 0 saturated carbocycles. The van der Waals surface area contributed by atoms with E-state index in [-0.39, 0.29) is 19.5 Å². The molecule has 0 amide bonds. The molecule has 0 saturated heterocycles. The molecule has 0 aliphatic heterocycles. The molecular formula is C21H12N3S3Zn-. The fourth-order valence-electron chi connectivity index (χ4n) is 1.59. The average molecular weight is 468 g/mol. The van der Waals surface area contributed by atoms with Crippen LogP contribution in [0.2, 0.25) is 0 Å². The fraction of sp³-hybridized carbons (Fsp3) is 0. The zero-order chi connectivity index (χ0) is 20.1. The Morgan fingerprint density at radius 3 is 0.750 bits per heavy atom. The van der Waals surface area contributed by atoms with E-state index in [4.69, 9.17) is 53.7 Å². The van der Waals surface area contributed by atoms with Gasteiger partial charge in [-0.25, -0.2) is 0 Å². The number of benzene rings is 3. The van der Waals surface area contributed by atoms with Crippen LogP contribution >= 0.6 is 0 Å². The van der Waals surface area contributed by atoms with E-state index in [2.05, 4.69) is 0 Å². The molecule has 0 bridgehead atoms. The molecule has 0 atom stereocenters. The molecule has 3 rings (SSSR count). The van der Waals surface area contributed by atoms with E-state index in [1.54, 1.807) is 72.8 Å². The van der Waals surface area contributed by atoms with E-state index in [0.717, 1.165) is 14.7 Å². The standard InChI is InChI=1S/3C7H5NS.Zn/c3*8-5-6-1-3-7(9)4-2-6;/h3*1-4,9H;/q;;;+2/p-3. The SMILES string of the molecule is N#Cc1ccc([S-])cc1.N#Cc1ccc([S-])cc1.N#Cc1ccc([S-])cc1.[Zn+2]. The van der Waals surface area contributed by atoms with Crippen LogP contribution in [0.25, 0.3) is 0 Å². The van der Waals surface area contributed by atoms with Crippen molar-refractivity contribution in [3.05, 3.63) is 89.5 Å². The first-order chi connectivity index (χ1) is 13.0. The Morgan fingerprint density at radius 1 is 0.429 bits per heavy atom. The summed E-state index contributed by atoms with van der Waals surface area (Å²) in [5.74, 6) is 0. The first kappa shape index (κ1) is 25.4. The molecule has 3 aromatic carbocycles. The summed E-state index contributed by atoms with van der Waals surface area (Å²) < 4.78 is 0. The van der Waals surface area contributed by atoms with Gasteiger partial charge in [-0.05, 0) is 36.4 Å². The third-order valence-electron chi connectivity index (χ3n) is 2.95. The maximum Gasteiger partial charge on any atom is 2.00 e. The minimum absolute atomic E-state index is 0. The quantitative estimate of drug-likeness (QED) is 0.360. The van der Waals surface area contributed by atoms with E-state index in [1.807, 2.05) is 18.2 Å². The monoisotopic (exact) mass is 466 g/mol. The Kier molecular flexibility index (Phi) is 13.1. The molecule has 3 aromatic rings. The minimum atomic E-state index is 0. The molecular weight excluding hydrogens is 456 g/mol. The van der Waals surface area contributed by atoms with Gasteiger partial charge in [0.25, 0.3) is 0 Å². The summed E-state index contributed by atoms with van der Waals surface area (Å²) in [6.07, 6.45) is 0. The Hall–Kier alpha value is -2.59. The second kappa shape index (κ2) is 14.5. The minimum Gasteiger partial charge on any atom is -0.780 e. The van der Waals surface area contributed by atoms with E-state index in [0.29, 0.717) is 16.7 Å². The van der Waals surface area contributed by atoms with Crippen molar-refractivity contribution in [2.75, 3.05) is 0 Å². The second-order valence-corrected chi connectivity index (χ2v) is 6.32. The molecule has 0 aliphatic carbocycles. The van der Waals surface area contributed by atoms with Gasteiger partial charge in [0.2, 0.25) is 0 Å². The Labute approximate surface area is 194 Å². The number of nitriles is 3. The van der Waals surface area contributed by atoms with Crippen molar-refractivity contribution < 1.29 is 19.5 Å². The van der Waals surface area contributed by atoms with Crippen LogP contribution in [0.1, 0.15) is 16.7 Å². The fourth-order valence-corrected chi connectivity index (χ4v) is 2.00. The van der Waals surface area contributed by atoms with Gasteiger partial charge in [-0.15, -0.1) is 0 Å². The molecule has 132 valence electrons. The van der Waals surface area contributed by atoms with Gasteiger partial charge in [-0.3, -0.25) is 0 Å². The smallest absolute Gasteiger partial charge is 0.780 e. The molecule has 0 unspecified atom stereocenters. The summed E-state index contributed by atoms with van der Waals surface area (Å²) >= 11 is 14.4. The largest absolute Gasteiger partial charge is 2.00 e. The van der Waals surface area contributed by atoms with Crippen LogP contribution in [0.15, 0.2) is 87.5 Å². The molecule has 0 aliphatic rings. The topological polar surface area (TPSA) is 71.4 Å². The van der Waals surface area contributed by atoms with Crippen molar-refractivity contribution >= 4 is 37.9 Å². The first-order valence-corrected chi connectivity index (χ1v) is 8.72. The number of rotatable bonds is 0. The van der Waals surface area contributed by atoms with Crippen LogP contribution < -0.4 is 0 Å². The van der Waals surface area contributed by atoms with Gasteiger partial charge in [-0.2, -0.15) is 30.5 Å². The van der Waals surface area contributed by atoms with Crippen molar-refractivity contribution in [1.82, 2.24) is 0 Å². The van der Waals surface area contributed by atoms with Crippen LogP contribution in [-0.2, 0) is 57.4 Å². The molecule has 28 heavy (non-hydrogen) atoms. The van der Waals surface area contributed by atoms with E-state index >= 15 is 0 Å². The maximum atomic E-state index is 8.34. The van der Waals surface area contributed by atoms with E-state index < -0.39 is 0 Å². The van der Waals surface area contributed by atoms with Gasteiger partial charge >= 0.3 is 19.5 Å². The first-order valence-electron chi connectivity index (χ1n) is 7.50. The van der Waals surface area contributed by atoms with Crippen molar-refractivity contribution in [2.24, 2.45) is 0 Å². The number of hydrogen-bond donors (Lipinski definition) is 0. The Bertz CT molecular complexity index is 834. The predicted molar refractivity (Wildman–Crippen MR) is 110 cm³/mol. The van der Waals surface area contributed by atoms with Gasteiger partial charge in [0, 0.05) is 0 Å². The van der Waals surface area contributed by atoms with Crippen LogP contribution in [0, 0.1) is 34.0 Å². The molecule has 0 radical (unpaired) electrons. The van der Waals surface area contributed by atoms with Gasteiger partial charge in [0.05, 0.1) is 34.9 Å². The van der Waals surface area contributed by atoms with Crippen LogP contribution in [0.5, 0.6) is 0 Å². The van der Waals surface area contributed by atoms with Crippen LogP contribution in [0.3, 0.4) is 0 Å². The summed E-state index contributed by atoms with van der Waals surface area (Å²) in [5, 5.41) is 25.0. The Morgan fingerprint density at radius 2 is 0.607 bits per heavy atom. The molecule has 0 spiro atoms. The average Bonchev–Trinajstić information content (AvgIpc) is 2.71. The zero-order valence-corrected chi connectivity index (χ0v) is 20.1. The number of hydrogen-bond acceptors (Lipinski definition) is 6. The van der Waals surface area contributed by atoms with Crippen molar-refractivity contribution in [3.8, 4) is 18.2 Å². The summed E-state index contributed by atoms with van der Waals surface area (Å²) in [5.41, 5.74) is 1.97. The van der Waals surface area contributed by atoms with Crippen LogP contribution in [-0.4, -0.2) is 0 Å². The third-order valence-corrected chi connectivity index (χ3v) is 3.77. The third kappa shape index (κ3) is 10.5. The summed E-state index contributed by atoms with van der Waals surface area (Å²) in [4.78, 5) is 2.32. The second-order valence-electron chi connectivity index (χ2n) is 4.91. The predicted octanol–water partition coefficient (Wildman–Crippen LogP) is 4.39. The van der Waals surface area contributed by atoms with Crippen molar-refractivity contribution in [2.45, 2.75) is 14.7 Å². The molecule has 7 heteroatoms. The van der Waals surface area contributed by atoms with E-state index in [1.165, 1.54) is 0 Å². The van der Waals surface area contributed by atoms with Crippen molar-refractivity contribution in [1.29, 1.82) is 15.8 Å². The summed E-state index contributed by atoms with van der Waals surface area (Å²) in [7, 11) is 0. The van der Waals surface area contributed by atoms with Gasteiger partial charge in [0.1, 0.15) is 0 Å². The summed E-state index contributed by atoms with van der Waals surface area (Å²) in [6, 6.07) is 26.8. The number of nitrogens with zero attached hydrogens (tertiary/aromatic N) is 3. The van der Waals surface area contributed by atoms with Crippen LogP contribution in [0.4, 0.5) is 0 Å².